The first-order valence-electron chi connectivity index (χ1n) is 7.98. The number of ether oxygens (including phenoxy) is 1. The first-order valence-corrected chi connectivity index (χ1v) is 7.98. The van der Waals surface area contributed by atoms with Gasteiger partial charge in [0.1, 0.15) is 5.75 Å². The maximum Gasteiger partial charge on any atom is 0.194 e. The van der Waals surface area contributed by atoms with Gasteiger partial charge in [0, 0.05) is 19.6 Å². The third kappa shape index (κ3) is 4.96. The van der Waals surface area contributed by atoms with Gasteiger partial charge in [0.05, 0.1) is 12.6 Å². The second-order valence-electron chi connectivity index (χ2n) is 5.67. The lowest BCUT2D eigenvalue weighted by Gasteiger charge is -2.20. The first kappa shape index (κ1) is 15.7. The molecule has 1 aromatic rings. The van der Waals surface area contributed by atoms with Crippen LogP contribution in [0.2, 0.25) is 0 Å². The summed E-state index contributed by atoms with van der Waals surface area (Å²) >= 11 is 0. The second kappa shape index (κ2) is 7.91. The van der Waals surface area contributed by atoms with E-state index in [0.717, 1.165) is 31.3 Å². The number of benzene rings is 1. The average molecular weight is 289 g/mol. The van der Waals surface area contributed by atoms with Crippen molar-refractivity contribution in [2.24, 2.45) is 4.99 Å². The Balaban J connectivity index is 1.96. The molecule has 1 aromatic carbocycles. The molecule has 0 radical (unpaired) electrons. The SMILES string of the molecule is CCNC(=NCc1ccc(OC(C)C)cc1)N1CCCC1. The minimum atomic E-state index is 0.212. The molecule has 1 heterocycles. The van der Waals surface area contributed by atoms with Crippen molar-refractivity contribution in [2.75, 3.05) is 19.6 Å². The second-order valence-corrected chi connectivity index (χ2v) is 5.67. The van der Waals surface area contributed by atoms with Crippen LogP contribution in [-0.2, 0) is 6.54 Å². The van der Waals surface area contributed by atoms with Gasteiger partial charge in [-0.3, -0.25) is 0 Å². The van der Waals surface area contributed by atoms with Gasteiger partial charge in [-0.2, -0.15) is 0 Å². The molecule has 21 heavy (non-hydrogen) atoms. The fourth-order valence-corrected chi connectivity index (χ4v) is 2.47. The molecule has 4 heteroatoms. The lowest BCUT2D eigenvalue weighted by atomic mass is 10.2. The summed E-state index contributed by atoms with van der Waals surface area (Å²) in [5, 5.41) is 3.38. The van der Waals surface area contributed by atoms with E-state index in [9.17, 15) is 0 Å². The Hall–Kier alpha value is -1.71. The van der Waals surface area contributed by atoms with Gasteiger partial charge in [0.15, 0.2) is 5.96 Å². The summed E-state index contributed by atoms with van der Waals surface area (Å²) < 4.78 is 5.66. The number of hydrogen-bond acceptors (Lipinski definition) is 2. The molecule has 1 N–H and O–H groups in total. The van der Waals surface area contributed by atoms with Crippen LogP contribution in [-0.4, -0.2) is 36.6 Å². The number of guanidine groups is 1. The van der Waals surface area contributed by atoms with Crippen molar-refractivity contribution < 1.29 is 4.74 Å². The summed E-state index contributed by atoms with van der Waals surface area (Å²) in [5.74, 6) is 1.96. The van der Waals surface area contributed by atoms with Gasteiger partial charge in [-0.15, -0.1) is 0 Å². The van der Waals surface area contributed by atoms with E-state index >= 15 is 0 Å². The average Bonchev–Trinajstić information content (AvgIpc) is 2.98. The fourth-order valence-electron chi connectivity index (χ4n) is 2.47. The number of rotatable bonds is 5. The molecule has 1 saturated heterocycles. The topological polar surface area (TPSA) is 36.9 Å². The Morgan fingerprint density at radius 3 is 2.48 bits per heavy atom. The Morgan fingerprint density at radius 1 is 1.24 bits per heavy atom. The van der Waals surface area contributed by atoms with Gasteiger partial charge in [-0.25, -0.2) is 4.99 Å². The van der Waals surface area contributed by atoms with Crippen LogP contribution in [0.1, 0.15) is 39.2 Å². The van der Waals surface area contributed by atoms with Crippen molar-refractivity contribution >= 4 is 5.96 Å². The Kier molecular flexibility index (Phi) is 5.90. The molecule has 0 aliphatic carbocycles. The first-order chi connectivity index (χ1) is 10.2. The van der Waals surface area contributed by atoms with Crippen molar-refractivity contribution in [2.45, 2.75) is 46.3 Å². The molecule has 0 unspecified atom stereocenters. The smallest absolute Gasteiger partial charge is 0.194 e. The zero-order chi connectivity index (χ0) is 15.1. The highest BCUT2D eigenvalue weighted by Crippen LogP contribution is 2.15. The van der Waals surface area contributed by atoms with Crippen LogP contribution in [0, 0.1) is 0 Å². The molecule has 4 nitrogen and oxygen atoms in total. The summed E-state index contributed by atoms with van der Waals surface area (Å²) in [6.07, 6.45) is 2.75. The molecule has 1 aliphatic rings. The van der Waals surface area contributed by atoms with Crippen molar-refractivity contribution in [3.05, 3.63) is 29.8 Å². The normalized spacial score (nSPS) is 15.6. The molecule has 0 bridgehead atoms. The molecule has 0 aromatic heterocycles. The molecule has 116 valence electrons. The summed E-state index contributed by atoms with van der Waals surface area (Å²) in [6, 6.07) is 8.23. The quantitative estimate of drug-likeness (QED) is 0.668. The predicted octanol–water partition coefficient (Wildman–Crippen LogP) is 3.04. The van der Waals surface area contributed by atoms with Crippen molar-refractivity contribution in [3.8, 4) is 5.75 Å². The third-order valence-electron chi connectivity index (χ3n) is 3.45. The molecule has 0 amide bonds. The number of likely N-dealkylation sites (tertiary alicyclic amines) is 1. The van der Waals surface area contributed by atoms with Gasteiger partial charge in [0.2, 0.25) is 0 Å². The zero-order valence-electron chi connectivity index (χ0n) is 13.4. The minimum Gasteiger partial charge on any atom is -0.491 e. The lowest BCUT2D eigenvalue weighted by Crippen LogP contribution is -2.39. The summed E-state index contributed by atoms with van der Waals surface area (Å²) in [5.41, 5.74) is 1.21. The number of nitrogens with zero attached hydrogens (tertiary/aromatic N) is 2. The van der Waals surface area contributed by atoms with E-state index in [-0.39, 0.29) is 6.10 Å². The number of hydrogen-bond donors (Lipinski definition) is 1. The minimum absolute atomic E-state index is 0.212. The zero-order valence-corrected chi connectivity index (χ0v) is 13.4. The highest BCUT2D eigenvalue weighted by Gasteiger charge is 2.15. The molecule has 0 saturated carbocycles. The van der Waals surface area contributed by atoms with Gasteiger partial charge < -0.3 is 15.0 Å². The van der Waals surface area contributed by atoms with Crippen LogP contribution in [0.4, 0.5) is 0 Å². The predicted molar refractivity (Wildman–Crippen MR) is 87.8 cm³/mol. The van der Waals surface area contributed by atoms with Crippen LogP contribution in [0.3, 0.4) is 0 Å². The van der Waals surface area contributed by atoms with Crippen LogP contribution in [0.25, 0.3) is 0 Å². The molecule has 1 fully saturated rings. The molecular weight excluding hydrogens is 262 g/mol. The van der Waals surface area contributed by atoms with E-state index in [0.29, 0.717) is 6.54 Å². The van der Waals surface area contributed by atoms with Gasteiger partial charge in [0.25, 0.3) is 0 Å². The van der Waals surface area contributed by atoms with Gasteiger partial charge >= 0.3 is 0 Å². The Labute approximate surface area is 128 Å². The molecular formula is C17H27N3O. The van der Waals surface area contributed by atoms with Crippen LogP contribution < -0.4 is 10.1 Å². The van der Waals surface area contributed by atoms with Crippen LogP contribution in [0.15, 0.2) is 29.3 Å². The summed E-state index contributed by atoms with van der Waals surface area (Å²) in [6.45, 7) is 10.1. The maximum atomic E-state index is 5.66. The molecule has 0 atom stereocenters. The molecule has 1 aliphatic heterocycles. The van der Waals surface area contributed by atoms with Crippen LogP contribution >= 0.6 is 0 Å². The Bertz CT molecular complexity index is 448. The summed E-state index contributed by atoms with van der Waals surface area (Å²) in [7, 11) is 0. The van der Waals surface area contributed by atoms with E-state index in [1.807, 2.05) is 26.0 Å². The molecule has 0 spiro atoms. The Morgan fingerprint density at radius 2 is 1.90 bits per heavy atom. The van der Waals surface area contributed by atoms with E-state index in [2.05, 4.69) is 29.3 Å². The third-order valence-corrected chi connectivity index (χ3v) is 3.45. The maximum absolute atomic E-state index is 5.66. The van der Waals surface area contributed by atoms with E-state index in [1.165, 1.54) is 18.4 Å². The summed E-state index contributed by atoms with van der Waals surface area (Å²) in [4.78, 5) is 7.09. The van der Waals surface area contributed by atoms with E-state index in [1.54, 1.807) is 0 Å². The highest BCUT2D eigenvalue weighted by atomic mass is 16.5. The largest absolute Gasteiger partial charge is 0.491 e. The highest BCUT2D eigenvalue weighted by molar-refractivity contribution is 5.80. The van der Waals surface area contributed by atoms with E-state index in [4.69, 9.17) is 9.73 Å². The monoisotopic (exact) mass is 289 g/mol. The van der Waals surface area contributed by atoms with Crippen LogP contribution in [0.5, 0.6) is 5.75 Å². The van der Waals surface area contributed by atoms with Gasteiger partial charge in [-0.05, 0) is 51.3 Å². The number of aliphatic imine (C=N–C) groups is 1. The van der Waals surface area contributed by atoms with Crippen molar-refractivity contribution in [1.29, 1.82) is 0 Å². The fraction of sp³-hybridized carbons (Fsp3) is 0.588. The number of nitrogens with one attached hydrogen (secondary N) is 1. The van der Waals surface area contributed by atoms with Gasteiger partial charge in [-0.1, -0.05) is 12.1 Å². The van der Waals surface area contributed by atoms with Crippen molar-refractivity contribution in [1.82, 2.24) is 10.2 Å². The van der Waals surface area contributed by atoms with E-state index < -0.39 is 0 Å². The lowest BCUT2D eigenvalue weighted by molar-refractivity contribution is 0.242. The standard InChI is InChI=1S/C17H27N3O/c1-4-18-17(20-11-5-6-12-20)19-13-15-7-9-16(10-8-15)21-14(2)3/h7-10,14H,4-6,11-13H2,1-3H3,(H,18,19). The van der Waals surface area contributed by atoms with Crippen molar-refractivity contribution in [3.63, 3.8) is 0 Å². The molecule has 2 rings (SSSR count).